The number of carbonyl (C=O) groups is 1. The average molecular weight is 269 g/mol. The van der Waals surface area contributed by atoms with Crippen LogP contribution in [0.5, 0.6) is 0 Å². The van der Waals surface area contributed by atoms with Crippen molar-refractivity contribution in [1.82, 2.24) is 5.32 Å². The number of carbonyl (C=O) groups excluding carboxylic acids is 1. The van der Waals surface area contributed by atoms with Gasteiger partial charge in [0.1, 0.15) is 0 Å². The van der Waals surface area contributed by atoms with Crippen LogP contribution in [0.4, 0.5) is 8.78 Å². The molecule has 2 rings (SSSR count). The monoisotopic (exact) mass is 269 g/mol. The van der Waals surface area contributed by atoms with Crippen LogP contribution in [0.3, 0.4) is 0 Å². The quantitative estimate of drug-likeness (QED) is 0.833. The second-order valence-corrected chi connectivity index (χ2v) is 4.91. The molecule has 0 radical (unpaired) electrons. The smallest absolute Gasteiger partial charge is 0.309 e. The Hall–Kier alpha value is -1.49. The van der Waals surface area contributed by atoms with E-state index in [9.17, 15) is 13.6 Å². The fourth-order valence-corrected chi connectivity index (χ4v) is 2.08. The lowest BCUT2D eigenvalue weighted by atomic mass is 9.88. The van der Waals surface area contributed by atoms with Crippen molar-refractivity contribution >= 4 is 5.97 Å². The van der Waals surface area contributed by atoms with Crippen LogP contribution in [0.15, 0.2) is 24.3 Å². The Morgan fingerprint density at radius 1 is 1.32 bits per heavy atom. The number of nitrogens with one attached hydrogen (secondary N) is 1. The highest BCUT2D eigenvalue weighted by atomic mass is 19.3. The number of rotatable bonds is 5. The topological polar surface area (TPSA) is 38.3 Å². The Bertz CT molecular complexity index is 437. The maximum absolute atomic E-state index is 12.6. The molecule has 5 heteroatoms. The summed E-state index contributed by atoms with van der Waals surface area (Å²) < 4.78 is 29.9. The molecular formula is C14H17F2NO2. The van der Waals surface area contributed by atoms with Crippen molar-refractivity contribution in [3.05, 3.63) is 35.4 Å². The maximum atomic E-state index is 12.6. The molecule has 1 aromatic rings. The molecule has 0 aromatic heterocycles. The number of hydrogen-bond donors (Lipinski definition) is 1. The molecular weight excluding hydrogens is 252 g/mol. The van der Waals surface area contributed by atoms with Gasteiger partial charge in [-0.05, 0) is 11.1 Å². The zero-order valence-electron chi connectivity index (χ0n) is 10.8. The van der Waals surface area contributed by atoms with Gasteiger partial charge in [0.05, 0.1) is 13.5 Å². The number of ether oxygens (including phenoxy) is 1. The summed E-state index contributed by atoms with van der Waals surface area (Å²) in [5.74, 6) is -2.76. The normalized spacial score (nSPS) is 17.8. The third-order valence-corrected chi connectivity index (χ3v) is 3.28. The Morgan fingerprint density at radius 3 is 2.42 bits per heavy atom. The summed E-state index contributed by atoms with van der Waals surface area (Å²) in [6.45, 7) is 0.569. The second kappa shape index (κ2) is 5.65. The van der Waals surface area contributed by atoms with Gasteiger partial charge in [-0.2, -0.15) is 0 Å². The third-order valence-electron chi connectivity index (χ3n) is 3.28. The van der Waals surface area contributed by atoms with Gasteiger partial charge in [0.2, 0.25) is 0 Å². The minimum absolute atomic E-state index is 0.0760. The van der Waals surface area contributed by atoms with Gasteiger partial charge in [-0.3, -0.25) is 4.79 Å². The molecule has 1 N–H and O–H groups in total. The van der Waals surface area contributed by atoms with Crippen LogP contribution in [0.2, 0.25) is 0 Å². The predicted molar refractivity (Wildman–Crippen MR) is 67.0 cm³/mol. The molecule has 1 aliphatic rings. The van der Waals surface area contributed by atoms with Crippen LogP contribution < -0.4 is 5.32 Å². The van der Waals surface area contributed by atoms with E-state index in [-0.39, 0.29) is 31.3 Å². The van der Waals surface area contributed by atoms with Gasteiger partial charge in [0.25, 0.3) is 5.92 Å². The fourth-order valence-electron chi connectivity index (χ4n) is 2.08. The highest BCUT2D eigenvalue weighted by Crippen LogP contribution is 2.37. The van der Waals surface area contributed by atoms with E-state index in [1.54, 1.807) is 0 Å². The molecule has 1 aromatic carbocycles. The first-order chi connectivity index (χ1) is 8.98. The zero-order valence-corrected chi connectivity index (χ0v) is 10.8. The van der Waals surface area contributed by atoms with Crippen LogP contribution in [-0.4, -0.2) is 25.0 Å². The lowest BCUT2D eigenvalue weighted by Gasteiger charge is -2.35. The van der Waals surface area contributed by atoms with Crippen LogP contribution in [0.1, 0.15) is 24.0 Å². The lowest BCUT2D eigenvalue weighted by Crippen LogP contribution is -2.48. The molecule has 0 amide bonds. The number of benzene rings is 1. The summed E-state index contributed by atoms with van der Waals surface area (Å²) >= 11 is 0. The van der Waals surface area contributed by atoms with Gasteiger partial charge in [-0.1, -0.05) is 24.3 Å². The number of halogens is 2. The highest BCUT2D eigenvalue weighted by Gasteiger charge is 2.44. The van der Waals surface area contributed by atoms with Crippen molar-refractivity contribution in [1.29, 1.82) is 0 Å². The predicted octanol–water partition coefficient (Wildman–Crippen LogP) is 2.29. The minimum atomic E-state index is -2.48. The van der Waals surface area contributed by atoms with Gasteiger partial charge in [0.15, 0.2) is 0 Å². The summed E-state index contributed by atoms with van der Waals surface area (Å²) in [7, 11) is 1.36. The number of methoxy groups -OCH3 is 1. The van der Waals surface area contributed by atoms with Crippen molar-refractivity contribution in [2.75, 3.05) is 7.11 Å². The SMILES string of the molecule is COC(=O)Cc1ccc(CNC2CC(F)(F)C2)cc1. The Morgan fingerprint density at radius 2 is 1.89 bits per heavy atom. The molecule has 1 saturated carbocycles. The summed E-state index contributed by atoms with van der Waals surface area (Å²) in [5, 5.41) is 3.09. The third kappa shape index (κ3) is 3.99. The molecule has 104 valence electrons. The van der Waals surface area contributed by atoms with Crippen molar-refractivity contribution in [3.63, 3.8) is 0 Å². The van der Waals surface area contributed by atoms with E-state index in [0.717, 1.165) is 11.1 Å². The standard InChI is InChI=1S/C14H17F2NO2/c1-19-13(18)6-10-2-4-11(5-3-10)9-17-12-7-14(15,16)8-12/h2-5,12,17H,6-9H2,1H3. The molecule has 1 aliphatic carbocycles. The van der Waals surface area contributed by atoms with Crippen LogP contribution >= 0.6 is 0 Å². The molecule has 0 unspecified atom stereocenters. The number of hydrogen-bond acceptors (Lipinski definition) is 3. The fraction of sp³-hybridized carbons (Fsp3) is 0.500. The zero-order chi connectivity index (χ0) is 13.9. The van der Waals surface area contributed by atoms with E-state index in [1.807, 2.05) is 24.3 Å². The Kier molecular flexibility index (Phi) is 4.14. The average Bonchev–Trinajstić information content (AvgIpc) is 2.35. The van der Waals surface area contributed by atoms with Crippen molar-refractivity contribution in [2.24, 2.45) is 0 Å². The summed E-state index contributed by atoms with van der Waals surface area (Å²) in [5.41, 5.74) is 1.90. The number of esters is 1. The van der Waals surface area contributed by atoms with Crippen molar-refractivity contribution in [2.45, 2.75) is 37.8 Å². The molecule has 1 fully saturated rings. The maximum Gasteiger partial charge on any atom is 0.309 e. The van der Waals surface area contributed by atoms with Gasteiger partial charge < -0.3 is 10.1 Å². The van der Waals surface area contributed by atoms with Crippen LogP contribution in [-0.2, 0) is 22.5 Å². The Labute approximate surface area is 111 Å². The molecule has 0 bridgehead atoms. The first-order valence-electron chi connectivity index (χ1n) is 6.24. The van der Waals surface area contributed by atoms with E-state index in [0.29, 0.717) is 6.54 Å². The molecule has 0 spiro atoms. The van der Waals surface area contributed by atoms with E-state index < -0.39 is 5.92 Å². The molecule has 0 saturated heterocycles. The molecule has 3 nitrogen and oxygen atoms in total. The van der Waals surface area contributed by atoms with E-state index >= 15 is 0 Å². The van der Waals surface area contributed by atoms with Gasteiger partial charge >= 0.3 is 5.97 Å². The van der Waals surface area contributed by atoms with E-state index in [4.69, 9.17) is 0 Å². The van der Waals surface area contributed by atoms with Gasteiger partial charge in [0, 0.05) is 25.4 Å². The number of alkyl halides is 2. The van der Waals surface area contributed by atoms with E-state index in [2.05, 4.69) is 10.1 Å². The molecule has 19 heavy (non-hydrogen) atoms. The highest BCUT2D eigenvalue weighted by molar-refractivity contribution is 5.72. The summed E-state index contributed by atoms with van der Waals surface area (Å²) in [6.07, 6.45) is 0.0971. The minimum Gasteiger partial charge on any atom is -0.469 e. The summed E-state index contributed by atoms with van der Waals surface area (Å²) in [4.78, 5) is 11.1. The largest absolute Gasteiger partial charge is 0.469 e. The molecule has 0 atom stereocenters. The van der Waals surface area contributed by atoms with Crippen molar-refractivity contribution < 1.29 is 18.3 Å². The first kappa shape index (κ1) is 13.9. The lowest BCUT2D eigenvalue weighted by molar-refractivity contribution is -0.139. The second-order valence-electron chi connectivity index (χ2n) is 4.91. The van der Waals surface area contributed by atoms with Gasteiger partial charge in [-0.15, -0.1) is 0 Å². The van der Waals surface area contributed by atoms with Crippen molar-refractivity contribution in [3.8, 4) is 0 Å². The first-order valence-corrected chi connectivity index (χ1v) is 6.24. The van der Waals surface area contributed by atoms with Crippen LogP contribution in [0, 0.1) is 0 Å². The summed E-state index contributed by atoms with van der Waals surface area (Å²) in [6, 6.07) is 7.39. The Balaban J connectivity index is 1.77. The molecule has 0 heterocycles. The van der Waals surface area contributed by atoms with E-state index in [1.165, 1.54) is 7.11 Å². The van der Waals surface area contributed by atoms with Crippen LogP contribution in [0.25, 0.3) is 0 Å². The van der Waals surface area contributed by atoms with Gasteiger partial charge in [-0.25, -0.2) is 8.78 Å². The molecule has 0 aliphatic heterocycles.